The lowest BCUT2D eigenvalue weighted by Crippen LogP contribution is -2.31. The van der Waals surface area contributed by atoms with E-state index in [4.69, 9.17) is 33.7 Å². The van der Waals surface area contributed by atoms with Gasteiger partial charge in [-0.3, -0.25) is 4.79 Å². The van der Waals surface area contributed by atoms with Crippen molar-refractivity contribution in [1.29, 1.82) is 0 Å². The van der Waals surface area contributed by atoms with Crippen molar-refractivity contribution in [2.45, 2.75) is 50.9 Å². The molecule has 178 valence electrons. The molecule has 0 saturated heterocycles. The highest BCUT2D eigenvalue weighted by Crippen LogP contribution is 2.35. The van der Waals surface area contributed by atoms with Gasteiger partial charge in [-0.1, -0.05) is 35.9 Å². The fraction of sp³-hybridized carbons (Fsp3) is 0.565. The van der Waals surface area contributed by atoms with E-state index >= 15 is 0 Å². The third-order valence-corrected chi connectivity index (χ3v) is 6.03. The molecule has 0 unspecified atom stereocenters. The van der Waals surface area contributed by atoms with Gasteiger partial charge in [0, 0.05) is 30.5 Å². The lowest BCUT2D eigenvalue weighted by Gasteiger charge is -2.23. The number of carbonyl (C=O) groups is 1. The molecule has 0 aromatic heterocycles. The topological polar surface area (TPSA) is 111 Å². The second-order valence-corrected chi connectivity index (χ2v) is 8.76. The van der Waals surface area contributed by atoms with Gasteiger partial charge in [-0.25, -0.2) is 0 Å². The van der Waals surface area contributed by atoms with Crippen molar-refractivity contribution < 1.29 is 24.9 Å². The van der Waals surface area contributed by atoms with Crippen molar-refractivity contribution in [3.05, 3.63) is 47.0 Å². The van der Waals surface area contributed by atoms with Crippen LogP contribution in [0.1, 0.15) is 37.7 Å². The lowest BCUT2D eigenvalue weighted by molar-refractivity contribution is -0.121. The number of aliphatic hydroxyl groups excluding tert-OH is 3. The molecular weight excluding hydrogens is 452 g/mol. The van der Waals surface area contributed by atoms with E-state index in [0.29, 0.717) is 37.3 Å². The molecule has 1 saturated carbocycles. The van der Waals surface area contributed by atoms with Gasteiger partial charge in [0.25, 0.3) is 5.17 Å². The molecule has 1 aliphatic carbocycles. The molecule has 0 bridgehead atoms. The Morgan fingerprint density at radius 3 is 2.75 bits per heavy atom. The highest BCUT2D eigenvalue weighted by atomic mass is 35.5. The minimum absolute atomic E-state index is 0.0607. The molecule has 1 fully saturated rings. The first-order valence-electron chi connectivity index (χ1n) is 10.9. The van der Waals surface area contributed by atoms with Crippen LogP contribution in [0.3, 0.4) is 0 Å². The zero-order valence-corrected chi connectivity index (χ0v) is 19.7. The Hall–Kier alpha value is -1.71. The SMILES string of the molecule is O=C(CCCC=CC[C@@H]1[C@@H](COC(=S)NCc2cccc(Cl)c2)[C@H](O)C[C@@H]1O)NCCO. The van der Waals surface area contributed by atoms with Gasteiger partial charge in [-0.15, -0.1) is 0 Å². The van der Waals surface area contributed by atoms with Gasteiger partial charge in [0.1, 0.15) is 0 Å². The summed E-state index contributed by atoms with van der Waals surface area (Å²) in [6, 6.07) is 7.45. The number of rotatable bonds is 12. The summed E-state index contributed by atoms with van der Waals surface area (Å²) >= 11 is 11.2. The Bertz CT molecular complexity index is 764. The van der Waals surface area contributed by atoms with Crippen LogP contribution in [0.25, 0.3) is 0 Å². The van der Waals surface area contributed by atoms with Crippen LogP contribution < -0.4 is 10.6 Å². The van der Waals surface area contributed by atoms with Crippen molar-refractivity contribution in [3.63, 3.8) is 0 Å². The first kappa shape index (κ1) is 26.5. The highest BCUT2D eigenvalue weighted by molar-refractivity contribution is 7.80. The molecule has 0 aliphatic heterocycles. The summed E-state index contributed by atoms with van der Waals surface area (Å²) < 4.78 is 5.66. The van der Waals surface area contributed by atoms with Crippen molar-refractivity contribution in [3.8, 4) is 0 Å². The number of carbonyl (C=O) groups excluding carboxylic acids is 1. The molecule has 32 heavy (non-hydrogen) atoms. The van der Waals surface area contributed by atoms with Crippen molar-refractivity contribution in [2.24, 2.45) is 11.8 Å². The van der Waals surface area contributed by atoms with E-state index in [0.717, 1.165) is 12.0 Å². The molecule has 2 rings (SSSR count). The van der Waals surface area contributed by atoms with E-state index < -0.39 is 12.2 Å². The van der Waals surface area contributed by atoms with Crippen molar-refractivity contribution in [2.75, 3.05) is 19.8 Å². The Kier molecular flexibility index (Phi) is 12.0. The van der Waals surface area contributed by atoms with Gasteiger partial charge in [-0.05, 0) is 61.5 Å². The molecule has 1 aromatic carbocycles. The van der Waals surface area contributed by atoms with E-state index in [-0.39, 0.29) is 42.7 Å². The van der Waals surface area contributed by atoms with Crippen LogP contribution in [0.15, 0.2) is 36.4 Å². The first-order valence-corrected chi connectivity index (χ1v) is 11.7. The number of aliphatic hydroxyl groups is 3. The summed E-state index contributed by atoms with van der Waals surface area (Å²) in [7, 11) is 0. The standard InChI is InChI=1S/C23H33ClN2O5S/c24-17-7-5-6-16(12-17)14-26-23(32)31-15-19-18(20(28)13-21(19)29)8-3-1-2-4-9-22(30)25-10-11-27/h1,3,5-7,12,18-21,27-29H,2,4,8-11,13-15H2,(H,25,30)(H,26,32)/t18-,19-,20+,21-/m1/s1. The number of allylic oxidation sites excluding steroid dienone is 2. The van der Waals surface area contributed by atoms with Gasteiger partial charge in [0.2, 0.25) is 5.91 Å². The zero-order chi connectivity index (χ0) is 23.3. The third kappa shape index (κ3) is 9.42. The number of hydrogen-bond donors (Lipinski definition) is 5. The molecule has 1 aromatic rings. The summed E-state index contributed by atoms with van der Waals surface area (Å²) in [6.07, 6.45) is 5.54. The van der Waals surface area contributed by atoms with Crippen LogP contribution >= 0.6 is 23.8 Å². The van der Waals surface area contributed by atoms with Gasteiger partial charge in [0.15, 0.2) is 0 Å². The van der Waals surface area contributed by atoms with Gasteiger partial charge in [0.05, 0.1) is 25.4 Å². The molecule has 4 atom stereocenters. The summed E-state index contributed by atoms with van der Waals surface area (Å²) in [5.74, 6) is -0.409. The minimum Gasteiger partial charge on any atom is -0.471 e. The quantitative estimate of drug-likeness (QED) is 0.176. The maximum absolute atomic E-state index is 11.5. The molecular formula is C23H33ClN2O5S. The number of halogens is 1. The Morgan fingerprint density at radius 2 is 2.00 bits per heavy atom. The van der Waals surface area contributed by atoms with E-state index in [1.165, 1.54) is 0 Å². The van der Waals surface area contributed by atoms with Crippen LogP contribution in [0.5, 0.6) is 0 Å². The smallest absolute Gasteiger partial charge is 0.256 e. The normalized spacial score (nSPS) is 22.8. The van der Waals surface area contributed by atoms with Gasteiger partial charge < -0.3 is 30.7 Å². The molecule has 5 N–H and O–H groups in total. The summed E-state index contributed by atoms with van der Waals surface area (Å²) in [5.41, 5.74) is 0.980. The van der Waals surface area contributed by atoms with E-state index in [1.54, 1.807) is 6.07 Å². The van der Waals surface area contributed by atoms with Gasteiger partial charge >= 0.3 is 0 Å². The maximum Gasteiger partial charge on any atom is 0.256 e. The number of hydrogen-bond acceptors (Lipinski definition) is 6. The number of ether oxygens (including phenoxy) is 1. The van der Waals surface area contributed by atoms with Crippen LogP contribution in [0.2, 0.25) is 5.02 Å². The predicted molar refractivity (Wildman–Crippen MR) is 128 cm³/mol. The van der Waals surface area contributed by atoms with Crippen molar-refractivity contribution >= 4 is 34.9 Å². The lowest BCUT2D eigenvalue weighted by atomic mass is 9.91. The Balaban J connectivity index is 1.71. The maximum atomic E-state index is 11.5. The van der Waals surface area contributed by atoms with E-state index in [1.807, 2.05) is 30.4 Å². The van der Waals surface area contributed by atoms with E-state index in [2.05, 4.69) is 10.6 Å². The van der Waals surface area contributed by atoms with E-state index in [9.17, 15) is 15.0 Å². The summed E-state index contributed by atoms with van der Waals surface area (Å²) in [4.78, 5) is 11.5. The molecule has 9 heteroatoms. The number of thiocarbonyl (C=S) groups is 1. The van der Waals surface area contributed by atoms with Gasteiger partial charge in [-0.2, -0.15) is 0 Å². The fourth-order valence-electron chi connectivity index (χ4n) is 3.81. The second-order valence-electron chi connectivity index (χ2n) is 7.95. The van der Waals surface area contributed by atoms with Crippen LogP contribution in [-0.2, 0) is 16.1 Å². The Morgan fingerprint density at radius 1 is 1.22 bits per heavy atom. The average Bonchev–Trinajstić information content (AvgIpc) is 3.03. The molecule has 0 heterocycles. The Labute approximate surface area is 199 Å². The largest absolute Gasteiger partial charge is 0.471 e. The average molecular weight is 485 g/mol. The fourth-order valence-corrected chi connectivity index (χ4v) is 4.17. The monoisotopic (exact) mass is 484 g/mol. The number of unbranched alkanes of at least 4 members (excludes halogenated alkanes) is 1. The summed E-state index contributed by atoms with van der Waals surface area (Å²) in [6.45, 7) is 0.928. The number of amides is 1. The number of benzene rings is 1. The molecule has 7 nitrogen and oxygen atoms in total. The predicted octanol–water partition coefficient (Wildman–Crippen LogP) is 2.31. The van der Waals surface area contributed by atoms with Crippen LogP contribution in [0, 0.1) is 11.8 Å². The van der Waals surface area contributed by atoms with Crippen LogP contribution in [-0.4, -0.2) is 58.4 Å². The second kappa shape index (κ2) is 14.4. The highest BCUT2D eigenvalue weighted by Gasteiger charge is 2.41. The molecule has 0 spiro atoms. The zero-order valence-electron chi connectivity index (χ0n) is 18.1. The molecule has 0 radical (unpaired) electrons. The minimum atomic E-state index is -0.644. The molecule has 1 aliphatic rings. The van der Waals surface area contributed by atoms with Crippen molar-refractivity contribution in [1.82, 2.24) is 10.6 Å². The van der Waals surface area contributed by atoms with Crippen LogP contribution in [0.4, 0.5) is 0 Å². The first-order chi connectivity index (χ1) is 15.4. The molecule has 1 amide bonds. The summed E-state index contributed by atoms with van der Waals surface area (Å²) in [5, 5.41) is 35.9. The number of nitrogens with one attached hydrogen (secondary N) is 2. The third-order valence-electron chi connectivity index (χ3n) is 5.54.